The summed E-state index contributed by atoms with van der Waals surface area (Å²) in [6, 6.07) is 6.06. The zero-order chi connectivity index (χ0) is 10.6. The minimum absolute atomic E-state index is 0.108. The Balaban J connectivity index is 2.47. The number of nitrogens with zero attached hydrogens (tertiary/aromatic N) is 1. The van der Waals surface area contributed by atoms with E-state index in [9.17, 15) is 4.79 Å². The largest absolute Gasteiger partial charge is 0.411 e. The maximum Gasteiger partial charge on any atom is 0.282 e. The second-order valence-electron chi connectivity index (χ2n) is 4.51. The lowest BCUT2D eigenvalue weighted by molar-refractivity contribution is 0.112. The highest BCUT2D eigenvalue weighted by Crippen LogP contribution is 2.06. The van der Waals surface area contributed by atoms with Crippen molar-refractivity contribution in [3.05, 3.63) is 34.7 Å². The highest BCUT2D eigenvalue weighted by molar-refractivity contribution is 6.76. The Hall–Kier alpha value is -1.03. The van der Waals surface area contributed by atoms with Crippen molar-refractivity contribution in [2.24, 2.45) is 0 Å². The van der Waals surface area contributed by atoms with E-state index in [4.69, 9.17) is 4.84 Å². The van der Waals surface area contributed by atoms with Crippen molar-refractivity contribution in [3.8, 4) is 0 Å². The molecule has 0 aliphatic rings. The van der Waals surface area contributed by atoms with Crippen molar-refractivity contribution >= 4 is 8.07 Å². The van der Waals surface area contributed by atoms with E-state index in [0.29, 0.717) is 6.61 Å². The van der Waals surface area contributed by atoms with Gasteiger partial charge in [0.15, 0.2) is 0 Å². The summed E-state index contributed by atoms with van der Waals surface area (Å²) >= 11 is 0. The molecule has 0 saturated heterocycles. The third kappa shape index (κ3) is 3.78. The standard InChI is InChI=1S/C10H17NO2Si/c1-14(2,3)9-8-13-11-7-5-4-6-10(11)12/h4-7H,8-9H2,1-3H3. The molecule has 0 atom stereocenters. The highest BCUT2D eigenvalue weighted by Gasteiger charge is 2.12. The summed E-state index contributed by atoms with van der Waals surface area (Å²) in [4.78, 5) is 16.6. The average Bonchev–Trinajstić information content (AvgIpc) is 2.06. The summed E-state index contributed by atoms with van der Waals surface area (Å²) in [7, 11) is -1.07. The second-order valence-corrected chi connectivity index (χ2v) is 10.1. The van der Waals surface area contributed by atoms with E-state index in [0.717, 1.165) is 6.04 Å². The normalized spacial score (nSPS) is 11.4. The highest BCUT2D eigenvalue weighted by atomic mass is 28.3. The zero-order valence-electron chi connectivity index (χ0n) is 8.99. The molecule has 1 rings (SSSR count). The molecule has 14 heavy (non-hydrogen) atoms. The third-order valence-corrected chi connectivity index (χ3v) is 3.58. The minimum atomic E-state index is -1.07. The van der Waals surface area contributed by atoms with Crippen LogP contribution in [0, 0.1) is 0 Å². The fourth-order valence-corrected chi connectivity index (χ4v) is 1.67. The van der Waals surface area contributed by atoms with E-state index < -0.39 is 8.07 Å². The molecule has 0 aliphatic carbocycles. The van der Waals surface area contributed by atoms with Crippen molar-refractivity contribution < 1.29 is 4.84 Å². The van der Waals surface area contributed by atoms with Crippen molar-refractivity contribution in [1.29, 1.82) is 0 Å². The Labute approximate surface area is 85.3 Å². The monoisotopic (exact) mass is 211 g/mol. The first-order valence-corrected chi connectivity index (χ1v) is 8.51. The first-order valence-electron chi connectivity index (χ1n) is 4.80. The molecule has 0 amide bonds. The average molecular weight is 211 g/mol. The van der Waals surface area contributed by atoms with Crippen LogP contribution in [0.4, 0.5) is 0 Å². The summed E-state index contributed by atoms with van der Waals surface area (Å²) in [5, 5.41) is 0. The van der Waals surface area contributed by atoms with Crippen molar-refractivity contribution in [3.63, 3.8) is 0 Å². The fourth-order valence-electron chi connectivity index (χ4n) is 0.969. The van der Waals surface area contributed by atoms with Crippen LogP contribution in [0.25, 0.3) is 0 Å². The van der Waals surface area contributed by atoms with Crippen LogP contribution in [0.5, 0.6) is 0 Å². The molecule has 0 N–H and O–H groups in total. The number of hydrogen-bond acceptors (Lipinski definition) is 2. The Bertz CT molecular complexity index is 340. The summed E-state index contributed by atoms with van der Waals surface area (Å²) in [5.74, 6) is 0. The molecular formula is C10H17NO2Si. The van der Waals surface area contributed by atoms with E-state index >= 15 is 0 Å². The quantitative estimate of drug-likeness (QED) is 0.709. The predicted octanol–water partition coefficient (Wildman–Crippen LogP) is 1.62. The van der Waals surface area contributed by atoms with Gasteiger partial charge >= 0.3 is 0 Å². The zero-order valence-corrected chi connectivity index (χ0v) is 9.99. The molecule has 0 bridgehead atoms. The molecule has 0 aromatic carbocycles. The van der Waals surface area contributed by atoms with Crippen LogP contribution in [0.1, 0.15) is 0 Å². The van der Waals surface area contributed by atoms with Crippen LogP contribution >= 0.6 is 0 Å². The van der Waals surface area contributed by atoms with Crippen LogP contribution in [-0.2, 0) is 0 Å². The van der Waals surface area contributed by atoms with Crippen LogP contribution in [-0.4, -0.2) is 19.4 Å². The molecule has 1 aromatic rings. The van der Waals surface area contributed by atoms with Gasteiger partial charge in [0.25, 0.3) is 5.56 Å². The van der Waals surface area contributed by atoms with Crippen LogP contribution in [0.3, 0.4) is 0 Å². The predicted molar refractivity (Wildman–Crippen MR) is 60.3 cm³/mol. The van der Waals surface area contributed by atoms with Gasteiger partial charge in [-0.25, -0.2) is 0 Å². The van der Waals surface area contributed by atoms with Gasteiger partial charge in [-0.15, -0.1) is 0 Å². The number of aromatic nitrogens is 1. The Kier molecular flexibility index (Phi) is 3.52. The molecule has 3 nitrogen and oxygen atoms in total. The van der Waals surface area contributed by atoms with Crippen molar-refractivity contribution in [2.75, 3.05) is 6.61 Å². The van der Waals surface area contributed by atoms with Gasteiger partial charge in [0.2, 0.25) is 0 Å². The summed E-state index contributed by atoms with van der Waals surface area (Å²) < 4.78 is 1.29. The maximum atomic E-state index is 11.2. The SMILES string of the molecule is C[Si](C)(C)CCOn1ccccc1=O. The van der Waals surface area contributed by atoms with E-state index in [1.165, 1.54) is 10.8 Å². The van der Waals surface area contributed by atoms with E-state index in [2.05, 4.69) is 19.6 Å². The van der Waals surface area contributed by atoms with Gasteiger partial charge in [0, 0.05) is 20.3 Å². The first-order chi connectivity index (χ1) is 6.49. The smallest absolute Gasteiger partial charge is 0.282 e. The number of rotatable bonds is 4. The fraction of sp³-hybridized carbons (Fsp3) is 0.500. The molecule has 1 aromatic heterocycles. The maximum absolute atomic E-state index is 11.2. The molecule has 0 fully saturated rings. The molecule has 0 saturated carbocycles. The molecular weight excluding hydrogens is 194 g/mol. The number of pyridine rings is 1. The third-order valence-electron chi connectivity index (χ3n) is 1.87. The minimum Gasteiger partial charge on any atom is -0.411 e. The second kappa shape index (κ2) is 4.46. The summed E-state index contributed by atoms with van der Waals surface area (Å²) in [5.41, 5.74) is -0.108. The molecule has 0 unspecified atom stereocenters. The Morgan fingerprint density at radius 1 is 1.36 bits per heavy atom. The van der Waals surface area contributed by atoms with Crippen LogP contribution in [0.15, 0.2) is 29.2 Å². The van der Waals surface area contributed by atoms with Gasteiger partial charge in [-0.05, 0) is 12.1 Å². The lowest BCUT2D eigenvalue weighted by Crippen LogP contribution is -2.30. The number of hydrogen-bond donors (Lipinski definition) is 0. The van der Waals surface area contributed by atoms with E-state index in [-0.39, 0.29) is 5.56 Å². The summed E-state index contributed by atoms with van der Waals surface area (Å²) in [6.07, 6.45) is 1.65. The van der Waals surface area contributed by atoms with Crippen LogP contribution in [0.2, 0.25) is 25.7 Å². The van der Waals surface area contributed by atoms with Crippen molar-refractivity contribution in [1.82, 2.24) is 4.73 Å². The van der Waals surface area contributed by atoms with Gasteiger partial charge in [-0.1, -0.05) is 25.7 Å². The van der Waals surface area contributed by atoms with E-state index in [1.807, 2.05) is 0 Å². The van der Waals surface area contributed by atoms with E-state index in [1.54, 1.807) is 18.3 Å². The molecule has 0 spiro atoms. The first kappa shape index (κ1) is 11.0. The summed E-state index contributed by atoms with van der Waals surface area (Å²) in [6.45, 7) is 7.47. The molecule has 1 heterocycles. The van der Waals surface area contributed by atoms with Gasteiger partial charge in [0.1, 0.15) is 6.61 Å². The molecule has 0 radical (unpaired) electrons. The van der Waals surface area contributed by atoms with Crippen LogP contribution < -0.4 is 10.4 Å². The Morgan fingerprint density at radius 3 is 2.64 bits per heavy atom. The van der Waals surface area contributed by atoms with Crippen molar-refractivity contribution in [2.45, 2.75) is 25.7 Å². The topological polar surface area (TPSA) is 31.2 Å². The molecule has 0 aliphatic heterocycles. The lowest BCUT2D eigenvalue weighted by atomic mass is 10.5. The van der Waals surface area contributed by atoms with Gasteiger partial charge < -0.3 is 4.84 Å². The van der Waals surface area contributed by atoms with Gasteiger partial charge in [-0.3, -0.25) is 4.79 Å². The lowest BCUT2D eigenvalue weighted by Gasteiger charge is -2.15. The Morgan fingerprint density at radius 2 is 2.07 bits per heavy atom. The molecule has 4 heteroatoms. The molecule has 78 valence electrons. The van der Waals surface area contributed by atoms with Gasteiger partial charge in [0.05, 0.1) is 0 Å². The van der Waals surface area contributed by atoms with Gasteiger partial charge in [-0.2, -0.15) is 4.73 Å².